The molecule has 0 radical (unpaired) electrons. The van der Waals surface area contributed by atoms with Gasteiger partial charge in [-0.2, -0.15) is 0 Å². The first-order valence-corrected chi connectivity index (χ1v) is 7.50. The molecule has 2 rings (SSSR count). The number of anilines is 1. The maximum absolute atomic E-state index is 12.0. The topological polar surface area (TPSA) is 78.8 Å². The zero-order valence-corrected chi connectivity index (χ0v) is 13.2. The lowest BCUT2D eigenvalue weighted by Crippen LogP contribution is -2.55. The molecule has 0 saturated carbocycles. The summed E-state index contributed by atoms with van der Waals surface area (Å²) in [5.41, 5.74) is -0.923. The van der Waals surface area contributed by atoms with Crippen molar-refractivity contribution in [2.75, 3.05) is 45.3 Å². The minimum Gasteiger partial charge on any atom is -0.386 e. The second kappa shape index (κ2) is 7.51. The van der Waals surface area contributed by atoms with Crippen LogP contribution in [0, 0.1) is 0 Å². The van der Waals surface area contributed by atoms with Gasteiger partial charge in [-0.15, -0.1) is 0 Å². The van der Waals surface area contributed by atoms with Gasteiger partial charge in [-0.05, 0) is 12.8 Å². The summed E-state index contributed by atoms with van der Waals surface area (Å²) in [6, 6.07) is 0. The molecule has 0 aromatic carbocycles. The highest BCUT2D eigenvalue weighted by atomic mass is 16.5. The third kappa shape index (κ3) is 4.38. The Hall–Kier alpha value is -1.73. The maximum atomic E-state index is 12.0. The van der Waals surface area contributed by atoms with Crippen LogP contribution in [0.4, 0.5) is 5.82 Å². The average molecular weight is 308 g/mol. The summed E-state index contributed by atoms with van der Waals surface area (Å²) in [6.07, 6.45) is 6.82. The number of carbonyl (C=O) groups is 1. The van der Waals surface area contributed by atoms with Gasteiger partial charge in [0.15, 0.2) is 0 Å². The van der Waals surface area contributed by atoms with Gasteiger partial charge in [0.05, 0.1) is 31.4 Å². The summed E-state index contributed by atoms with van der Waals surface area (Å²) < 4.78 is 4.92. The molecule has 1 N–H and O–H groups in total. The zero-order valence-electron chi connectivity index (χ0n) is 13.2. The molecule has 7 heteroatoms. The summed E-state index contributed by atoms with van der Waals surface area (Å²) in [5, 5.41) is 10.8. The van der Waals surface area contributed by atoms with Crippen LogP contribution < -0.4 is 4.90 Å². The molecule has 1 aliphatic heterocycles. The molecule has 2 heterocycles. The van der Waals surface area contributed by atoms with Crippen molar-refractivity contribution < 1.29 is 14.6 Å². The SMILES string of the molecule is COCCC(=O)N(C)C[C@@]1(O)CCCN(c2cnccn2)C1. The number of rotatable bonds is 6. The minimum absolute atomic E-state index is 0.0214. The van der Waals surface area contributed by atoms with Gasteiger partial charge in [-0.1, -0.05) is 0 Å². The van der Waals surface area contributed by atoms with Crippen LogP contribution in [0.3, 0.4) is 0 Å². The van der Waals surface area contributed by atoms with Gasteiger partial charge in [0.1, 0.15) is 5.82 Å². The van der Waals surface area contributed by atoms with Crippen molar-refractivity contribution in [2.24, 2.45) is 0 Å². The van der Waals surface area contributed by atoms with Crippen molar-refractivity contribution in [3.8, 4) is 0 Å². The van der Waals surface area contributed by atoms with E-state index in [2.05, 4.69) is 9.97 Å². The molecule has 1 saturated heterocycles. The summed E-state index contributed by atoms with van der Waals surface area (Å²) in [4.78, 5) is 23.9. The average Bonchev–Trinajstić information content (AvgIpc) is 2.53. The molecular weight excluding hydrogens is 284 g/mol. The third-order valence-electron chi connectivity index (χ3n) is 3.91. The molecule has 0 unspecified atom stereocenters. The summed E-state index contributed by atoms with van der Waals surface area (Å²) in [7, 11) is 3.29. The fourth-order valence-corrected chi connectivity index (χ4v) is 2.80. The van der Waals surface area contributed by atoms with E-state index < -0.39 is 5.60 Å². The summed E-state index contributed by atoms with van der Waals surface area (Å²) in [6.45, 7) is 2.00. The second-order valence-electron chi connectivity index (χ2n) is 5.81. The predicted molar refractivity (Wildman–Crippen MR) is 82.6 cm³/mol. The first-order chi connectivity index (χ1) is 10.5. The van der Waals surface area contributed by atoms with Crippen LogP contribution in [0.1, 0.15) is 19.3 Å². The number of aliphatic hydroxyl groups is 1. The largest absolute Gasteiger partial charge is 0.386 e. The Morgan fingerprint density at radius 1 is 1.55 bits per heavy atom. The van der Waals surface area contributed by atoms with E-state index in [0.717, 1.165) is 18.8 Å². The number of β-amino-alcohol motifs (C(OH)–C–C–N with tert-alkyl or cyclic N) is 1. The molecule has 7 nitrogen and oxygen atoms in total. The van der Waals surface area contributed by atoms with E-state index in [1.165, 1.54) is 0 Å². The molecule has 1 aliphatic rings. The van der Waals surface area contributed by atoms with Gasteiger partial charge in [0.2, 0.25) is 5.91 Å². The standard InChI is InChI=1S/C15H24N4O3/c1-18(14(20)4-9-22-2)11-15(21)5-3-8-19(12-15)13-10-16-6-7-17-13/h6-7,10,21H,3-5,8-9,11-12H2,1-2H3/t15-/m0/s1. The Labute approximate surface area is 130 Å². The van der Waals surface area contributed by atoms with Crippen LogP contribution in [-0.2, 0) is 9.53 Å². The van der Waals surface area contributed by atoms with Crippen LogP contribution >= 0.6 is 0 Å². The molecule has 22 heavy (non-hydrogen) atoms. The molecule has 0 bridgehead atoms. The second-order valence-corrected chi connectivity index (χ2v) is 5.81. The number of methoxy groups -OCH3 is 1. The van der Waals surface area contributed by atoms with Crippen LogP contribution in [0.5, 0.6) is 0 Å². The number of hydrogen-bond donors (Lipinski definition) is 1. The molecule has 0 aliphatic carbocycles. The number of piperidine rings is 1. The first-order valence-electron chi connectivity index (χ1n) is 7.50. The van der Waals surface area contributed by atoms with Crippen LogP contribution in [0.2, 0.25) is 0 Å². The van der Waals surface area contributed by atoms with E-state index in [4.69, 9.17) is 4.74 Å². The first kappa shape index (κ1) is 16.6. The van der Waals surface area contributed by atoms with Crippen LogP contribution in [0.15, 0.2) is 18.6 Å². The van der Waals surface area contributed by atoms with Gasteiger partial charge in [0.25, 0.3) is 0 Å². The normalized spacial score (nSPS) is 21.7. The number of aromatic nitrogens is 2. The zero-order chi connectivity index (χ0) is 16.0. The number of hydrogen-bond acceptors (Lipinski definition) is 6. The lowest BCUT2D eigenvalue weighted by molar-refractivity contribution is -0.134. The quantitative estimate of drug-likeness (QED) is 0.814. The summed E-state index contributed by atoms with van der Waals surface area (Å²) >= 11 is 0. The molecule has 122 valence electrons. The highest BCUT2D eigenvalue weighted by Gasteiger charge is 2.35. The predicted octanol–water partition coefficient (Wildman–Crippen LogP) is 0.303. The van der Waals surface area contributed by atoms with Crippen molar-refractivity contribution >= 4 is 11.7 Å². The Kier molecular flexibility index (Phi) is 5.68. The monoisotopic (exact) mass is 308 g/mol. The van der Waals surface area contributed by atoms with Gasteiger partial charge < -0.3 is 19.6 Å². The summed E-state index contributed by atoms with van der Waals surface area (Å²) in [5.74, 6) is 0.737. The van der Waals surface area contributed by atoms with Crippen molar-refractivity contribution in [2.45, 2.75) is 24.9 Å². The molecule has 1 atom stereocenters. The molecule has 1 aromatic heterocycles. The number of nitrogens with zero attached hydrogens (tertiary/aromatic N) is 4. The Morgan fingerprint density at radius 3 is 3.05 bits per heavy atom. The lowest BCUT2D eigenvalue weighted by Gasteiger charge is -2.41. The van der Waals surface area contributed by atoms with E-state index in [-0.39, 0.29) is 5.91 Å². The highest BCUT2D eigenvalue weighted by Crippen LogP contribution is 2.25. The van der Waals surface area contributed by atoms with E-state index in [1.54, 1.807) is 37.6 Å². The van der Waals surface area contributed by atoms with Crippen LogP contribution in [0.25, 0.3) is 0 Å². The van der Waals surface area contributed by atoms with Gasteiger partial charge >= 0.3 is 0 Å². The molecule has 1 fully saturated rings. The molecule has 1 aromatic rings. The van der Waals surface area contributed by atoms with Crippen molar-refractivity contribution in [3.63, 3.8) is 0 Å². The van der Waals surface area contributed by atoms with E-state index in [1.807, 2.05) is 4.90 Å². The fourth-order valence-electron chi connectivity index (χ4n) is 2.80. The Bertz CT molecular complexity index is 485. The van der Waals surface area contributed by atoms with E-state index in [0.29, 0.717) is 32.5 Å². The Morgan fingerprint density at radius 2 is 2.36 bits per heavy atom. The molecular formula is C15H24N4O3. The van der Waals surface area contributed by atoms with Crippen molar-refractivity contribution in [3.05, 3.63) is 18.6 Å². The van der Waals surface area contributed by atoms with Crippen molar-refractivity contribution in [1.29, 1.82) is 0 Å². The fraction of sp³-hybridized carbons (Fsp3) is 0.667. The third-order valence-corrected chi connectivity index (χ3v) is 3.91. The van der Waals surface area contributed by atoms with E-state index >= 15 is 0 Å². The van der Waals surface area contributed by atoms with Gasteiger partial charge in [-0.3, -0.25) is 9.78 Å². The van der Waals surface area contributed by atoms with E-state index in [9.17, 15) is 9.90 Å². The minimum atomic E-state index is -0.923. The Balaban J connectivity index is 1.96. The molecule has 1 amide bonds. The van der Waals surface area contributed by atoms with Crippen LogP contribution in [-0.4, -0.2) is 71.9 Å². The maximum Gasteiger partial charge on any atom is 0.224 e. The van der Waals surface area contributed by atoms with Gasteiger partial charge in [-0.25, -0.2) is 4.98 Å². The highest BCUT2D eigenvalue weighted by molar-refractivity contribution is 5.76. The number of ether oxygens (including phenoxy) is 1. The number of likely N-dealkylation sites (N-methyl/N-ethyl adjacent to an activating group) is 1. The lowest BCUT2D eigenvalue weighted by atomic mass is 9.92. The molecule has 0 spiro atoms. The van der Waals surface area contributed by atoms with Gasteiger partial charge in [0, 0.05) is 39.6 Å². The number of amides is 1. The number of carbonyl (C=O) groups excluding carboxylic acids is 1. The van der Waals surface area contributed by atoms with Crippen molar-refractivity contribution in [1.82, 2.24) is 14.9 Å². The smallest absolute Gasteiger partial charge is 0.224 e.